The molecule has 0 spiro atoms. The first kappa shape index (κ1) is 10.5. The molecule has 0 saturated heterocycles. The van der Waals surface area contributed by atoms with Crippen LogP contribution in [-0.4, -0.2) is 18.1 Å². The Morgan fingerprint density at radius 3 is 3.07 bits per heavy atom. The monoisotopic (exact) mass is 208 g/mol. The Morgan fingerprint density at radius 2 is 2.50 bits per heavy atom. The first-order valence-electron chi connectivity index (χ1n) is 3.82. The molecule has 0 radical (unpaired) electrons. The van der Waals surface area contributed by atoms with Crippen LogP contribution >= 0.6 is 12.6 Å². The van der Waals surface area contributed by atoms with Crippen molar-refractivity contribution >= 4 is 18.6 Å². The van der Waals surface area contributed by atoms with Crippen LogP contribution in [0.1, 0.15) is 11.3 Å². The van der Waals surface area contributed by atoms with E-state index in [9.17, 15) is 4.79 Å². The van der Waals surface area contributed by atoms with Gasteiger partial charge in [0.05, 0.1) is 24.8 Å². The van der Waals surface area contributed by atoms with Gasteiger partial charge in [0.2, 0.25) is 0 Å². The molecular formula is C9H8N2O2S. The average Bonchev–Trinajstić information content (AvgIpc) is 2.20. The molecular weight excluding hydrogens is 200 g/mol. The molecule has 4 nitrogen and oxygen atoms in total. The number of carbonyl (C=O) groups excluding carboxylic acids is 1. The Bertz CT molecular complexity index is 398. The van der Waals surface area contributed by atoms with Crippen molar-refractivity contribution in [3.63, 3.8) is 0 Å². The Balaban J connectivity index is 2.91. The minimum Gasteiger partial charge on any atom is -0.469 e. The second kappa shape index (κ2) is 4.63. The molecule has 1 aromatic rings. The molecule has 0 aliphatic heterocycles. The van der Waals surface area contributed by atoms with E-state index in [1.165, 1.54) is 19.4 Å². The molecule has 0 unspecified atom stereocenters. The van der Waals surface area contributed by atoms with Crippen LogP contribution in [0.2, 0.25) is 0 Å². The summed E-state index contributed by atoms with van der Waals surface area (Å²) in [6.45, 7) is 0. The zero-order chi connectivity index (χ0) is 10.6. The van der Waals surface area contributed by atoms with Gasteiger partial charge in [-0.2, -0.15) is 5.26 Å². The van der Waals surface area contributed by atoms with Gasteiger partial charge in [0.25, 0.3) is 0 Å². The van der Waals surface area contributed by atoms with Crippen molar-refractivity contribution in [2.45, 2.75) is 11.3 Å². The van der Waals surface area contributed by atoms with Gasteiger partial charge >= 0.3 is 5.97 Å². The summed E-state index contributed by atoms with van der Waals surface area (Å²) < 4.78 is 4.48. The minimum atomic E-state index is -0.381. The first-order chi connectivity index (χ1) is 6.67. The number of esters is 1. The van der Waals surface area contributed by atoms with Crippen molar-refractivity contribution in [3.05, 3.63) is 23.5 Å². The highest BCUT2D eigenvalue weighted by Gasteiger charge is 2.06. The number of pyridine rings is 1. The van der Waals surface area contributed by atoms with Gasteiger partial charge < -0.3 is 4.74 Å². The normalized spacial score (nSPS) is 9.21. The highest BCUT2D eigenvalue weighted by Crippen LogP contribution is 2.12. The van der Waals surface area contributed by atoms with Crippen LogP contribution in [0.4, 0.5) is 0 Å². The van der Waals surface area contributed by atoms with E-state index in [1.54, 1.807) is 0 Å². The van der Waals surface area contributed by atoms with Gasteiger partial charge in [-0.05, 0) is 6.07 Å². The third-order valence-corrected chi connectivity index (χ3v) is 1.97. The maximum Gasteiger partial charge on any atom is 0.311 e. The fraction of sp³-hybridized carbons (Fsp3) is 0.222. The number of ether oxygens (including phenoxy) is 1. The predicted octanol–water partition coefficient (Wildman–Crippen LogP) is 0.957. The van der Waals surface area contributed by atoms with Gasteiger partial charge in [0.15, 0.2) is 0 Å². The summed E-state index contributed by atoms with van der Waals surface area (Å²) in [7, 11) is 1.31. The smallest absolute Gasteiger partial charge is 0.311 e. The summed E-state index contributed by atoms with van der Waals surface area (Å²) in [6, 6.07) is 3.49. The molecule has 0 fully saturated rings. The summed E-state index contributed by atoms with van der Waals surface area (Å²) in [5.41, 5.74) is 0.911. The zero-order valence-corrected chi connectivity index (χ0v) is 8.41. The molecule has 1 aromatic heterocycles. The summed E-state index contributed by atoms with van der Waals surface area (Å²) in [5.74, 6) is -0.381. The summed E-state index contributed by atoms with van der Waals surface area (Å²) in [5, 5.41) is 8.69. The Kier molecular flexibility index (Phi) is 3.48. The fourth-order valence-electron chi connectivity index (χ4n) is 0.898. The molecule has 0 atom stereocenters. The second-order valence-electron chi connectivity index (χ2n) is 2.56. The average molecular weight is 208 g/mol. The highest BCUT2D eigenvalue weighted by atomic mass is 32.1. The van der Waals surface area contributed by atoms with Crippen LogP contribution in [0.5, 0.6) is 0 Å². The number of methoxy groups -OCH3 is 1. The molecule has 5 heteroatoms. The molecule has 72 valence electrons. The quantitative estimate of drug-likeness (QED) is 0.580. The van der Waals surface area contributed by atoms with Gasteiger partial charge in [-0.1, -0.05) is 0 Å². The maximum atomic E-state index is 10.9. The van der Waals surface area contributed by atoms with E-state index in [1.807, 2.05) is 6.07 Å². The molecule has 0 amide bonds. The number of carbonyl (C=O) groups is 1. The minimum absolute atomic E-state index is 0.0687. The number of aromatic nitrogens is 1. The Labute approximate surface area is 86.9 Å². The standard InChI is InChI=1S/C9H8N2O2S/c1-13-9(12)3-7-2-6(4-10)8(14)5-11-7/h2,5,14H,3H2,1H3. The zero-order valence-electron chi connectivity index (χ0n) is 7.52. The maximum absolute atomic E-state index is 10.9. The summed E-state index contributed by atoms with van der Waals surface area (Å²) >= 11 is 4.04. The van der Waals surface area contributed by atoms with Crippen LogP contribution in [0.15, 0.2) is 17.2 Å². The lowest BCUT2D eigenvalue weighted by molar-refractivity contribution is -0.139. The van der Waals surface area contributed by atoms with Crippen LogP contribution in [0.25, 0.3) is 0 Å². The van der Waals surface area contributed by atoms with Crippen molar-refractivity contribution in [1.29, 1.82) is 5.26 Å². The van der Waals surface area contributed by atoms with Crippen LogP contribution in [0, 0.1) is 11.3 Å². The third kappa shape index (κ3) is 2.47. The largest absolute Gasteiger partial charge is 0.469 e. The molecule has 14 heavy (non-hydrogen) atoms. The van der Waals surface area contributed by atoms with Gasteiger partial charge in [-0.15, -0.1) is 12.6 Å². The summed E-state index contributed by atoms with van der Waals surface area (Å²) in [4.78, 5) is 15.3. The van der Waals surface area contributed by atoms with Crippen molar-refractivity contribution in [2.24, 2.45) is 0 Å². The van der Waals surface area contributed by atoms with Gasteiger partial charge in [-0.25, -0.2) is 0 Å². The molecule has 0 saturated carbocycles. The molecule has 0 N–H and O–H groups in total. The molecule has 0 aromatic carbocycles. The van der Waals surface area contributed by atoms with E-state index in [0.29, 0.717) is 16.2 Å². The predicted molar refractivity (Wildman–Crippen MR) is 51.9 cm³/mol. The van der Waals surface area contributed by atoms with Gasteiger partial charge in [0.1, 0.15) is 6.07 Å². The highest BCUT2D eigenvalue weighted by molar-refractivity contribution is 7.80. The van der Waals surface area contributed by atoms with Crippen molar-refractivity contribution in [3.8, 4) is 6.07 Å². The fourth-order valence-corrected chi connectivity index (χ4v) is 1.07. The van der Waals surface area contributed by atoms with E-state index in [4.69, 9.17) is 5.26 Å². The van der Waals surface area contributed by atoms with E-state index in [-0.39, 0.29) is 12.4 Å². The number of thiol groups is 1. The first-order valence-corrected chi connectivity index (χ1v) is 4.27. The lowest BCUT2D eigenvalue weighted by atomic mass is 10.2. The van der Waals surface area contributed by atoms with Crippen LogP contribution < -0.4 is 0 Å². The van der Waals surface area contributed by atoms with E-state index in [0.717, 1.165) is 0 Å². The number of rotatable bonds is 2. The number of nitriles is 1. The Morgan fingerprint density at radius 1 is 1.79 bits per heavy atom. The molecule has 0 bridgehead atoms. The number of nitrogens with zero attached hydrogens (tertiary/aromatic N) is 2. The number of hydrogen-bond acceptors (Lipinski definition) is 5. The van der Waals surface area contributed by atoms with Gasteiger partial charge in [0, 0.05) is 11.1 Å². The summed E-state index contributed by atoms with van der Waals surface area (Å²) in [6.07, 6.45) is 1.51. The van der Waals surface area contributed by atoms with E-state index < -0.39 is 0 Å². The van der Waals surface area contributed by atoms with Crippen LogP contribution in [-0.2, 0) is 16.0 Å². The molecule has 0 aliphatic rings. The lowest BCUT2D eigenvalue weighted by Gasteiger charge is -2.00. The Hall–Kier alpha value is -1.54. The third-order valence-electron chi connectivity index (χ3n) is 1.61. The van der Waals surface area contributed by atoms with E-state index >= 15 is 0 Å². The van der Waals surface area contributed by atoms with E-state index in [2.05, 4.69) is 22.3 Å². The van der Waals surface area contributed by atoms with Crippen LogP contribution in [0.3, 0.4) is 0 Å². The van der Waals surface area contributed by atoms with Crippen molar-refractivity contribution in [1.82, 2.24) is 4.98 Å². The van der Waals surface area contributed by atoms with Crippen molar-refractivity contribution in [2.75, 3.05) is 7.11 Å². The molecule has 1 rings (SSSR count). The van der Waals surface area contributed by atoms with Crippen molar-refractivity contribution < 1.29 is 9.53 Å². The topological polar surface area (TPSA) is 63.0 Å². The molecule has 1 heterocycles. The molecule has 0 aliphatic carbocycles. The SMILES string of the molecule is COC(=O)Cc1cc(C#N)c(S)cn1. The number of hydrogen-bond donors (Lipinski definition) is 1. The lowest BCUT2D eigenvalue weighted by Crippen LogP contribution is -2.06. The second-order valence-corrected chi connectivity index (χ2v) is 3.04. The van der Waals surface area contributed by atoms with Gasteiger partial charge in [-0.3, -0.25) is 9.78 Å².